The molecule has 0 atom stereocenters. The van der Waals surface area contributed by atoms with Crippen molar-refractivity contribution in [1.29, 1.82) is 0 Å². The second-order valence-corrected chi connectivity index (χ2v) is 10.1. The highest BCUT2D eigenvalue weighted by Crippen LogP contribution is 2.29. The monoisotopic (exact) mass is 519 g/mol. The molecular weight excluding hydrogens is 486 g/mol. The molecule has 1 aliphatic rings. The van der Waals surface area contributed by atoms with E-state index in [1.807, 2.05) is 48.1 Å². The van der Waals surface area contributed by atoms with E-state index in [0.717, 1.165) is 53.3 Å². The highest BCUT2D eigenvalue weighted by Gasteiger charge is 2.26. The number of esters is 1. The van der Waals surface area contributed by atoms with Crippen LogP contribution in [0.3, 0.4) is 0 Å². The first-order chi connectivity index (χ1) is 19.1. The summed E-state index contributed by atoms with van der Waals surface area (Å²) in [5.74, 6) is 6.18. The van der Waals surface area contributed by atoms with E-state index in [4.69, 9.17) is 4.74 Å². The Kier molecular flexibility index (Phi) is 8.07. The Labute approximate surface area is 229 Å². The van der Waals surface area contributed by atoms with Crippen LogP contribution in [0, 0.1) is 17.8 Å². The Morgan fingerprint density at radius 2 is 1.69 bits per heavy atom. The van der Waals surface area contributed by atoms with Crippen molar-refractivity contribution in [3.8, 4) is 23.0 Å². The van der Waals surface area contributed by atoms with Crippen molar-refractivity contribution >= 4 is 22.8 Å². The van der Waals surface area contributed by atoms with Crippen molar-refractivity contribution in [2.45, 2.75) is 51.6 Å². The number of benzene rings is 3. The van der Waals surface area contributed by atoms with E-state index in [0.29, 0.717) is 24.4 Å². The maximum absolute atomic E-state index is 13.5. The Hall–Kier alpha value is -4.37. The summed E-state index contributed by atoms with van der Waals surface area (Å²) in [7, 11) is 1.43. The Morgan fingerprint density at radius 1 is 0.974 bits per heavy atom. The van der Waals surface area contributed by atoms with Crippen LogP contribution in [0.5, 0.6) is 0 Å². The Bertz CT molecular complexity index is 1520. The molecule has 1 aromatic heterocycles. The molecule has 4 aromatic rings. The van der Waals surface area contributed by atoms with Crippen LogP contribution in [0.25, 0.3) is 22.0 Å². The number of carbonyl (C=O) groups excluding carboxylic acids is 2. The fourth-order valence-corrected chi connectivity index (χ4v) is 5.45. The van der Waals surface area contributed by atoms with E-state index < -0.39 is 0 Å². The fraction of sp³-hybridized carbons (Fsp3) is 0.303. The molecule has 0 saturated heterocycles. The van der Waals surface area contributed by atoms with Crippen molar-refractivity contribution in [1.82, 2.24) is 15.1 Å². The number of nitrogens with zero attached hydrogens (tertiary/aromatic N) is 2. The number of ether oxygens (including phenoxy) is 1. The van der Waals surface area contributed by atoms with Crippen LogP contribution in [0.4, 0.5) is 0 Å². The van der Waals surface area contributed by atoms with Gasteiger partial charge in [-0.05, 0) is 67.3 Å². The van der Waals surface area contributed by atoms with Crippen LogP contribution in [0.2, 0.25) is 0 Å². The van der Waals surface area contributed by atoms with Gasteiger partial charge in [0.05, 0.1) is 30.9 Å². The largest absolute Gasteiger partial charge is 0.469 e. The smallest absolute Gasteiger partial charge is 0.305 e. The van der Waals surface area contributed by atoms with Crippen LogP contribution in [-0.2, 0) is 16.1 Å². The summed E-state index contributed by atoms with van der Waals surface area (Å²) in [6.45, 7) is 2.35. The van der Waals surface area contributed by atoms with Gasteiger partial charge in [-0.25, -0.2) is 0 Å². The third kappa shape index (κ3) is 6.04. The molecule has 39 heavy (non-hydrogen) atoms. The zero-order valence-electron chi connectivity index (χ0n) is 22.4. The van der Waals surface area contributed by atoms with Gasteiger partial charge in [0.1, 0.15) is 0 Å². The summed E-state index contributed by atoms with van der Waals surface area (Å²) in [6, 6.07) is 22.6. The molecule has 0 aliphatic heterocycles. The molecule has 6 nitrogen and oxygen atoms in total. The average molecular weight is 520 g/mol. The maximum Gasteiger partial charge on any atom is 0.305 e. The van der Waals surface area contributed by atoms with Gasteiger partial charge in [0.15, 0.2) is 0 Å². The minimum atomic E-state index is -0.164. The molecule has 0 spiro atoms. The van der Waals surface area contributed by atoms with Crippen molar-refractivity contribution in [3.63, 3.8) is 0 Å². The van der Waals surface area contributed by atoms with Gasteiger partial charge in [0, 0.05) is 23.4 Å². The van der Waals surface area contributed by atoms with Crippen LogP contribution >= 0.6 is 0 Å². The minimum absolute atomic E-state index is 0.0819. The molecule has 5 rings (SSSR count). The van der Waals surface area contributed by atoms with Crippen molar-refractivity contribution in [2.75, 3.05) is 7.11 Å². The molecule has 3 aromatic carbocycles. The van der Waals surface area contributed by atoms with E-state index >= 15 is 0 Å². The molecular formula is C33H33N3O3. The predicted octanol–water partition coefficient (Wildman–Crippen LogP) is 5.97. The lowest BCUT2D eigenvalue weighted by Crippen LogP contribution is -2.38. The van der Waals surface area contributed by atoms with Gasteiger partial charge < -0.3 is 10.1 Å². The molecule has 1 aliphatic carbocycles. The maximum atomic E-state index is 13.5. The number of methoxy groups -OCH3 is 1. The first-order valence-corrected chi connectivity index (χ1v) is 13.5. The fourth-order valence-electron chi connectivity index (χ4n) is 5.45. The SMILES string of the molecule is CC#Cc1ccc(C(=O)NC2CCC(CC(=O)OC)CC2)c2c1cnn2Cc1ccc(-c2ccccc2)cc1. The molecule has 1 fully saturated rings. The molecule has 1 heterocycles. The van der Waals surface area contributed by atoms with Gasteiger partial charge in [-0.2, -0.15) is 5.10 Å². The van der Waals surface area contributed by atoms with Crippen molar-refractivity contribution in [3.05, 3.63) is 89.6 Å². The van der Waals surface area contributed by atoms with Crippen LogP contribution < -0.4 is 5.32 Å². The summed E-state index contributed by atoms with van der Waals surface area (Å²) in [5, 5.41) is 8.79. The van der Waals surface area contributed by atoms with Crippen LogP contribution in [0.1, 0.15) is 60.5 Å². The summed E-state index contributed by atoms with van der Waals surface area (Å²) in [5.41, 5.74) is 5.68. The lowest BCUT2D eigenvalue weighted by molar-refractivity contribution is -0.142. The number of hydrogen-bond acceptors (Lipinski definition) is 4. The summed E-state index contributed by atoms with van der Waals surface area (Å²) in [4.78, 5) is 25.2. The second-order valence-electron chi connectivity index (χ2n) is 10.1. The lowest BCUT2D eigenvalue weighted by Gasteiger charge is -2.28. The highest BCUT2D eigenvalue weighted by atomic mass is 16.5. The van der Waals surface area contributed by atoms with E-state index in [2.05, 4.69) is 58.7 Å². The van der Waals surface area contributed by atoms with E-state index in [1.165, 1.54) is 12.7 Å². The first kappa shape index (κ1) is 26.2. The first-order valence-electron chi connectivity index (χ1n) is 13.5. The number of amides is 1. The van der Waals surface area contributed by atoms with Crippen molar-refractivity contribution in [2.24, 2.45) is 5.92 Å². The summed E-state index contributed by atoms with van der Waals surface area (Å²) >= 11 is 0. The van der Waals surface area contributed by atoms with E-state index in [9.17, 15) is 9.59 Å². The summed E-state index contributed by atoms with van der Waals surface area (Å²) in [6.07, 6.45) is 5.76. The van der Waals surface area contributed by atoms with Crippen molar-refractivity contribution < 1.29 is 14.3 Å². The minimum Gasteiger partial charge on any atom is -0.469 e. The van der Waals surface area contributed by atoms with Crippen LogP contribution in [0.15, 0.2) is 72.9 Å². The number of nitrogens with one attached hydrogen (secondary N) is 1. The number of hydrogen-bond donors (Lipinski definition) is 1. The normalized spacial score (nSPS) is 16.8. The number of carbonyl (C=O) groups is 2. The third-order valence-corrected chi connectivity index (χ3v) is 7.56. The molecule has 0 bridgehead atoms. The topological polar surface area (TPSA) is 73.2 Å². The van der Waals surface area contributed by atoms with Gasteiger partial charge in [-0.3, -0.25) is 14.3 Å². The van der Waals surface area contributed by atoms with E-state index in [-0.39, 0.29) is 17.9 Å². The van der Waals surface area contributed by atoms with Gasteiger partial charge in [-0.15, -0.1) is 5.92 Å². The van der Waals surface area contributed by atoms with E-state index in [1.54, 1.807) is 0 Å². The highest BCUT2D eigenvalue weighted by molar-refractivity contribution is 6.07. The molecule has 1 N–H and O–H groups in total. The number of rotatable bonds is 7. The standard InChI is InChI=1S/C33H33N3O3/c1-3-7-27-16-19-29(33(38)35-28-17-12-23(13-18-28)20-31(37)39-2)32-30(27)21-34-36(32)22-24-10-14-26(15-11-24)25-8-5-4-6-9-25/h4-6,8-11,14-16,19,21,23,28H,12-13,17-18,20,22H2,1-2H3,(H,35,38). The zero-order chi connectivity index (χ0) is 27.2. The quantitative estimate of drug-likeness (QED) is 0.241. The zero-order valence-corrected chi connectivity index (χ0v) is 22.4. The molecule has 6 heteroatoms. The predicted molar refractivity (Wildman–Crippen MR) is 153 cm³/mol. The molecule has 1 amide bonds. The second kappa shape index (κ2) is 12.0. The van der Waals surface area contributed by atoms with Gasteiger partial charge in [-0.1, -0.05) is 60.5 Å². The molecule has 0 radical (unpaired) electrons. The Balaban J connectivity index is 1.37. The van der Waals surface area contributed by atoms with Gasteiger partial charge in [0.25, 0.3) is 5.91 Å². The summed E-state index contributed by atoms with van der Waals surface area (Å²) < 4.78 is 6.71. The number of fused-ring (bicyclic) bond motifs is 1. The van der Waals surface area contributed by atoms with Gasteiger partial charge >= 0.3 is 5.97 Å². The Morgan fingerprint density at radius 3 is 2.38 bits per heavy atom. The molecule has 1 saturated carbocycles. The van der Waals surface area contributed by atoms with Crippen LogP contribution in [-0.4, -0.2) is 34.8 Å². The average Bonchev–Trinajstić information content (AvgIpc) is 3.39. The molecule has 0 unspecified atom stereocenters. The third-order valence-electron chi connectivity index (χ3n) is 7.56. The lowest BCUT2D eigenvalue weighted by atomic mass is 9.84. The molecule has 198 valence electrons. The van der Waals surface area contributed by atoms with Gasteiger partial charge in [0.2, 0.25) is 0 Å². The number of aromatic nitrogens is 2.